The van der Waals surface area contributed by atoms with Crippen molar-refractivity contribution in [2.45, 2.75) is 94.5 Å². The van der Waals surface area contributed by atoms with Crippen molar-refractivity contribution in [2.24, 2.45) is 22.4 Å². The highest BCUT2D eigenvalue weighted by molar-refractivity contribution is 7.98. The fourth-order valence-corrected chi connectivity index (χ4v) is 8.78. The van der Waals surface area contributed by atoms with Crippen LogP contribution in [-0.4, -0.2) is 25.4 Å². The minimum absolute atomic E-state index is 0.104. The summed E-state index contributed by atoms with van der Waals surface area (Å²) in [5.74, 6) is 1.78. The summed E-state index contributed by atoms with van der Waals surface area (Å²) < 4.78 is 28.3. The second kappa shape index (κ2) is 9.29. The number of thioether (sulfide) groups is 1. The molecule has 0 heterocycles. The maximum atomic E-state index is 12.2. The zero-order valence-electron chi connectivity index (χ0n) is 22.7. The Morgan fingerprint density at radius 2 is 1.81 bits per heavy atom. The standard InChI is InChI=1S/C30H41NO4S2/c1-28(2,3)21-9-6-19(7-10-21)18-30(32)15-13-25-23-11-8-20-16-26(35-37(31,33)34)27(36-5)17-24(20)22(23)12-14-29(25,30)4/h6-7,9-10,16-17,22-23,25,32H,8,11-15,18H2,1-5H3,(H2,31,33,34). The Balaban J connectivity index is 1.40. The van der Waals surface area contributed by atoms with Gasteiger partial charge in [0.1, 0.15) is 0 Å². The molecule has 2 fully saturated rings. The molecule has 2 aromatic rings. The van der Waals surface area contributed by atoms with Gasteiger partial charge in [-0.2, -0.15) is 13.6 Å². The fraction of sp³-hybridized carbons (Fsp3) is 0.600. The molecular weight excluding hydrogens is 502 g/mol. The van der Waals surface area contributed by atoms with Crippen molar-refractivity contribution < 1.29 is 17.7 Å². The molecule has 5 rings (SSSR count). The van der Waals surface area contributed by atoms with Crippen LogP contribution >= 0.6 is 11.8 Å². The van der Waals surface area contributed by atoms with Crippen LogP contribution in [0, 0.1) is 17.3 Å². The van der Waals surface area contributed by atoms with Crippen LogP contribution in [-0.2, 0) is 28.6 Å². The minimum atomic E-state index is -4.07. The monoisotopic (exact) mass is 543 g/mol. The van der Waals surface area contributed by atoms with Crippen LogP contribution in [0.3, 0.4) is 0 Å². The van der Waals surface area contributed by atoms with E-state index in [1.54, 1.807) is 0 Å². The third-order valence-corrected chi connectivity index (χ3v) is 11.0. The van der Waals surface area contributed by atoms with E-state index < -0.39 is 15.9 Å². The predicted octanol–water partition coefficient (Wildman–Crippen LogP) is 6.12. The maximum absolute atomic E-state index is 12.2. The molecule has 0 saturated heterocycles. The van der Waals surface area contributed by atoms with E-state index in [9.17, 15) is 13.5 Å². The van der Waals surface area contributed by atoms with Gasteiger partial charge >= 0.3 is 10.3 Å². The number of hydrogen-bond donors (Lipinski definition) is 2. The first-order valence-electron chi connectivity index (χ1n) is 13.5. The lowest BCUT2D eigenvalue weighted by molar-refractivity contribution is -0.102. The fourth-order valence-electron chi connectivity index (χ4n) is 7.79. The Morgan fingerprint density at radius 3 is 2.43 bits per heavy atom. The van der Waals surface area contributed by atoms with Crippen LogP contribution < -0.4 is 9.32 Å². The average molecular weight is 544 g/mol. The molecule has 0 aromatic heterocycles. The van der Waals surface area contributed by atoms with Gasteiger partial charge in [0, 0.05) is 6.42 Å². The molecule has 37 heavy (non-hydrogen) atoms. The number of hydrogen-bond acceptors (Lipinski definition) is 5. The van der Waals surface area contributed by atoms with E-state index in [0.717, 1.165) is 43.4 Å². The Kier molecular flexibility index (Phi) is 6.79. The van der Waals surface area contributed by atoms with Crippen molar-refractivity contribution in [3.63, 3.8) is 0 Å². The highest BCUT2D eigenvalue weighted by Crippen LogP contribution is 2.65. The first-order valence-corrected chi connectivity index (χ1v) is 16.2. The Morgan fingerprint density at radius 1 is 1.11 bits per heavy atom. The second-order valence-electron chi connectivity index (χ2n) is 12.8. The van der Waals surface area contributed by atoms with Gasteiger partial charge in [0.25, 0.3) is 0 Å². The van der Waals surface area contributed by atoms with Crippen molar-refractivity contribution in [3.05, 3.63) is 58.7 Å². The third-order valence-electron chi connectivity index (χ3n) is 9.85. The van der Waals surface area contributed by atoms with E-state index in [1.165, 1.54) is 34.0 Å². The van der Waals surface area contributed by atoms with Gasteiger partial charge in [-0.05, 0) is 108 Å². The number of rotatable bonds is 5. The smallest absolute Gasteiger partial charge is 0.380 e. The molecule has 202 valence electrons. The van der Waals surface area contributed by atoms with Gasteiger partial charge in [-0.25, -0.2) is 0 Å². The van der Waals surface area contributed by atoms with E-state index in [-0.39, 0.29) is 10.8 Å². The van der Waals surface area contributed by atoms with Gasteiger partial charge in [0.2, 0.25) is 0 Å². The molecule has 3 aliphatic rings. The van der Waals surface area contributed by atoms with E-state index >= 15 is 0 Å². The molecule has 0 aliphatic heterocycles. The zero-order chi connectivity index (χ0) is 26.8. The van der Waals surface area contributed by atoms with Gasteiger partial charge in [-0.3, -0.25) is 0 Å². The molecule has 2 saturated carbocycles. The van der Waals surface area contributed by atoms with Gasteiger partial charge in [0.05, 0.1) is 10.5 Å². The number of fused-ring (bicyclic) bond motifs is 5. The summed E-state index contributed by atoms with van der Waals surface area (Å²) in [6.45, 7) is 9.04. The first-order chi connectivity index (χ1) is 17.2. The van der Waals surface area contributed by atoms with Crippen molar-refractivity contribution in [1.82, 2.24) is 0 Å². The summed E-state index contributed by atoms with van der Waals surface area (Å²) in [7, 11) is -4.07. The SMILES string of the molecule is CSc1cc2c(cc1OS(N)(=O)=O)CCC1C2CCC2(C)C1CCC2(O)Cc1ccc(C(C)(C)C)cc1. The molecule has 0 amide bonds. The van der Waals surface area contributed by atoms with Crippen LogP contribution in [0.2, 0.25) is 0 Å². The molecule has 0 bridgehead atoms. The Hall–Kier alpha value is -1.54. The third kappa shape index (κ3) is 4.86. The summed E-state index contributed by atoms with van der Waals surface area (Å²) >= 11 is 1.49. The molecule has 2 aromatic carbocycles. The van der Waals surface area contributed by atoms with Crippen LogP contribution in [0.5, 0.6) is 5.75 Å². The molecule has 5 unspecified atom stereocenters. The molecule has 3 N–H and O–H groups in total. The van der Waals surface area contributed by atoms with Gasteiger partial charge < -0.3 is 9.29 Å². The first kappa shape index (κ1) is 27.0. The Bertz CT molecular complexity index is 1280. The molecule has 0 spiro atoms. The van der Waals surface area contributed by atoms with Crippen LogP contribution in [0.1, 0.15) is 88.0 Å². The normalized spacial score (nSPS) is 31.4. The number of aliphatic hydroxyl groups is 1. The summed E-state index contributed by atoms with van der Waals surface area (Å²) in [6, 6.07) is 12.9. The zero-order valence-corrected chi connectivity index (χ0v) is 24.3. The maximum Gasteiger partial charge on any atom is 0.380 e. The van der Waals surface area contributed by atoms with E-state index in [4.69, 9.17) is 9.32 Å². The number of benzene rings is 2. The van der Waals surface area contributed by atoms with E-state index in [2.05, 4.69) is 58.0 Å². The van der Waals surface area contributed by atoms with E-state index in [0.29, 0.717) is 29.9 Å². The number of nitrogens with two attached hydrogens (primary N) is 1. The highest BCUT2D eigenvalue weighted by atomic mass is 32.2. The molecule has 3 aliphatic carbocycles. The van der Waals surface area contributed by atoms with Crippen molar-refractivity contribution in [2.75, 3.05) is 6.26 Å². The van der Waals surface area contributed by atoms with Crippen molar-refractivity contribution in [1.29, 1.82) is 0 Å². The largest absolute Gasteiger partial charge is 0.389 e. The summed E-state index contributed by atoms with van der Waals surface area (Å²) in [5.41, 5.74) is 4.38. The lowest BCUT2D eigenvalue weighted by atomic mass is 9.53. The predicted molar refractivity (Wildman–Crippen MR) is 150 cm³/mol. The highest BCUT2D eigenvalue weighted by Gasteiger charge is 2.61. The molecule has 5 nitrogen and oxygen atoms in total. The van der Waals surface area contributed by atoms with Gasteiger partial charge in [-0.1, -0.05) is 52.0 Å². The average Bonchev–Trinajstić information content (AvgIpc) is 3.07. The van der Waals surface area contributed by atoms with Crippen LogP contribution in [0.4, 0.5) is 0 Å². The lowest BCUT2D eigenvalue weighted by Gasteiger charge is -2.53. The van der Waals surface area contributed by atoms with E-state index in [1.807, 2.05) is 12.3 Å². The molecule has 5 atom stereocenters. The summed E-state index contributed by atoms with van der Waals surface area (Å²) in [5, 5.41) is 17.3. The quantitative estimate of drug-likeness (QED) is 0.444. The summed E-state index contributed by atoms with van der Waals surface area (Å²) in [6.07, 6.45) is 8.55. The van der Waals surface area contributed by atoms with Crippen molar-refractivity contribution >= 4 is 22.1 Å². The number of aryl methyl sites for hydroxylation is 1. The van der Waals surface area contributed by atoms with Crippen molar-refractivity contribution in [3.8, 4) is 5.75 Å². The lowest BCUT2D eigenvalue weighted by Crippen LogP contribution is -2.51. The minimum Gasteiger partial charge on any atom is -0.389 e. The van der Waals surface area contributed by atoms with Crippen LogP contribution in [0.15, 0.2) is 41.3 Å². The second-order valence-corrected chi connectivity index (χ2v) is 14.8. The summed E-state index contributed by atoms with van der Waals surface area (Å²) in [4.78, 5) is 0.809. The molecular formula is C30H41NO4S2. The van der Waals surface area contributed by atoms with Gasteiger partial charge in [0.15, 0.2) is 5.75 Å². The Labute approximate surface area is 226 Å². The topological polar surface area (TPSA) is 89.6 Å². The molecule has 0 radical (unpaired) electrons. The van der Waals surface area contributed by atoms with Gasteiger partial charge in [-0.15, -0.1) is 11.8 Å². The molecule has 7 heteroatoms. The van der Waals surface area contributed by atoms with Crippen LogP contribution in [0.25, 0.3) is 0 Å².